The van der Waals surface area contributed by atoms with E-state index >= 15 is 0 Å². The van der Waals surface area contributed by atoms with Gasteiger partial charge < -0.3 is 19.2 Å². The van der Waals surface area contributed by atoms with E-state index in [4.69, 9.17) is 4.42 Å². The first-order valence-electron chi connectivity index (χ1n) is 7.20. The molecule has 0 atom stereocenters. The smallest absolute Gasteiger partial charge is 0.159 e. The molecule has 4 heteroatoms. The molecule has 0 saturated carbocycles. The van der Waals surface area contributed by atoms with Crippen molar-refractivity contribution in [3.63, 3.8) is 0 Å². The van der Waals surface area contributed by atoms with Gasteiger partial charge in [0.2, 0.25) is 0 Å². The Morgan fingerprint density at radius 1 is 1.35 bits per heavy atom. The van der Waals surface area contributed by atoms with Gasteiger partial charge in [0, 0.05) is 5.39 Å². The average molecular weight is 273 g/mol. The number of carboxylic acids is 1. The Kier molecular flexibility index (Phi) is 3.49. The van der Waals surface area contributed by atoms with Crippen molar-refractivity contribution in [3.8, 4) is 0 Å². The Bertz CT molecular complexity index is 624. The predicted molar refractivity (Wildman–Crippen MR) is 73.3 cm³/mol. The Balaban J connectivity index is 1.93. The van der Waals surface area contributed by atoms with Gasteiger partial charge in [0.15, 0.2) is 5.76 Å². The first-order chi connectivity index (χ1) is 9.65. The zero-order chi connectivity index (χ0) is 14.1. The molecule has 1 fully saturated rings. The third kappa shape index (κ3) is 2.43. The minimum Gasteiger partial charge on any atom is -0.542 e. The molecule has 0 spiro atoms. The summed E-state index contributed by atoms with van der Waals surface area (Å²) in [4.78, 5) is 12.7. The fourth-order valence-corrected chi connectivity index (χ4v) is 3.04. The van der Waals surface area contributed by atoms with Crippen molar-refractivity contribution in [3.05, 3.63) is 35.6 Å². The zero-order valence-electron chi connectivity index (χ0n) is 11.6. The summed E-state index contributed by atoms with van der Waals surface area (Å²) in [6, 6.07) is 7.49. The summed E-state index contributed by atoms with van der Waals surface area (Å²) >= 11 is 0. The molecule has 0 radical (unpaired) electrons. The number of carboxylic acid groups (broad SMARTS) is 1. The number of hydrogen-bond donors (Lipinski definition) is 1. The molecule has 1 aromatic carbocycles. The Morgan fingerprint density at radius 3 is 2.75 bits per heavy atom. The highest BCUT2D eigenvalue weighted by atomic mass is 16.4. The summed E-state index contributed by atoms with van der Waals surface area (Å²) in [5.74, 6) is -0.446. The van der Waals surface area contributed by atoms with Crippen LogP contribution < -0.4 is 10.0 Å². The molecule has 106 valence electrons. The van der Waals surface area contributed by atoms with Gasteiger partial charge in [0.1, 0.15) is 18.1 Å². The Morgan fingerprint density at radius 2 is 2.05 bits per heavy atom. The van der Waals surface area contributed by atoms with E-state index in [2.05, 4.69) is 6.92 Å². The second kappa shape index (κ2) is 5.29. The molecule has 4 nitrogen and oxygen atoms in total. The van der Waals surface area contributed by atoms with Crippen molar-refractivity contribution in [2.24, 2.45) is 5.92 Å². The number of rotatable bonds is 3. The second-order valence-corrected chi connectivity index (χ2v) is 5.80. The highest BCUT2D eigenvalue weighted by molar-refractivity contribution is 5.93. The van der Waals surface area contributed by atoms with Crippen LogP contribution >= 0.6 is 0 Å². The van der Waals surface area contributed by atoms with Crippen LogP contribution in [0.2, 0.25) is 0 Å². The monoisotopic (exact) mass is 273 g/mol. The van der Waals surface area contributed by atoms with Crippen LogP contribution in [0, 0.1) is 5.92 Å². The van der Waals surface area contributed by atoms with Crippen molar-refractivity contribution >= 4 is 16.9 Å². The molecule has 1 aromatic heterocycles. The number of carbonyl (C=O) groups is 1. The van der Waals surface area contributed by atoms with Crippen LogP contribution in [0.3, 0.4) is 0 Å². The van der Waals surface area contributed by atoms with Crippen LogP contribution in [0.15, 0.2) is 28.7 Å². The van der Waals surface area contributed by atoms with E-state index in [9.17, 15) is 9.90 Å². The Labute approximate surface area is 118 Å². The minimum absolute atomic E-state index is 0.00248. The van der Waals surface area contributed by atoms with E-state index in [0.717, 1.165) is 30.0 Å². The molecule has 0 amide bonds. The number of carbonyl (C=O) groups excluding carboxylic acids is 1. The van der Waals surface area contributed by atoms with Gasteiger partial charge in [-0.05, 0) is 24.8 Å². The predicted octanol–water partition coefficient (Wildman–Crippen LogP) is 0.611. The molecule has 1 aliphatic heterocycles. The molecule has 1 saturated heterocycles. The quantitative estimate of drug-likeness (QED) is 0.891. The normalized spacial score (nSPS) is 23.1. The third-order valence-corrected chi connectivity index (χ3v) is 4.29. The summed E-state index contributed by atoms with van der Waals surface area (Å²) in [7, 11) is 0. The van der Waals surface area contributed by atoms with Crippen molar-refractivity contribution in [1.82, 2.24) is 0 Å². The summed E-state index contributed by atoms with van der Waals surface area (Å²) < 4.78 is 5.45. The maximum Gasteiger partial charge on any atom is 0.159 e. The summed E-state index contributed by atoms with van der Waals surface area (Å²) in [6.07, 6.45) is 2.40. The first kappa shape index (κ1) is 13.2. The van der Waals surface area contributed by atoms with E-state index in [1.807, 2.05) is 18.2 Å². The van der Waals surface area contributed by atoms with E-state index in [1.54, 1.807) is 6.07 Å². The van der Waals surface area contributed by atoms with Gasteiger partial charge in [-0.2, -0.15) is 0 Å². The number of furan rings is 1. The molecule has 20 heavy (non-hydrogen) atoms. The topological polar surface area (TPSA) is 57.7 Å². The van der Waals surface area contributed by atoms with Crippen LogP contribution in [0.25, 0.3) is 11.0 Å². The summed E-state index contributed by atoms with van der Waals surface area (Å²) in [5, 5.41) is 12.2. The number of aromatic carboxylic acids is 1. The van der Waals surface area contributed by atoms with Crippen LogP contribution in [-0.2, 0) is 6.54 Å². The number of benzene rings is 1. The molecular weight excluding hydrogens is 254 g/mol. The lowest BCUT2D eigenvalue weighted by atomic mass is 9.98. The molecule has 0 unspecified atom stereocenters. The standard InChI is InChI=1S/C16H19NO3/c1-11-6-8-17(9-7-11)10-13-12-4-2-3-5-14(12)20-15(13)16(18)19/h2-5,11H,6-10H2,1H3,(H,18,19). The molecule has 1 N–H and O–H groups in total. The molecular formula is C16H19NO3. The largest absolute Gasteiger partial charge is 0.542 e. The van der Waals surface area contributed by atoms with E-state index in [-0.39, 0.29) is 5.76 Å². The molecule has 2 heterocycles. The fourth-order valence-electron chi connectivity index (χ4n) is 3.04. The fraction of sp³-hybridized carbons (Fsp3) is 0.438. The van der Waals surface area contributed by atoms with Crippen molar-refractivity contribution in [2.45, 2.75) is 26.3 Å². The molecule has 0 bridgehead atoms. The molecule has 0 aliphatic carbocycles. The second-order valence-electron chi connectivity index (χ2n) is 5.80. The number of hydrogen-bond acceptors (Lipinski definition) is 3. The zero-order valence-corrected chi connectivity index (χ0v) is 11.6. The minimum atomic E-state index is -1.22. The highest BCUT2D eigenvalue weighted by Crippen LogP contribution is 2.25. The summed E-state index contributed by atoms with van der Waals surface area (Å²) in [5.41, 5.74) is 1.41. The lowest BCUT2D eigenvalue weighted by Gasteiger charge is -2.27. The van der Waals surface area contributed by atoms with Gasteiger partial charge in [-0.15, -0.1) is 0 Å². The number of likely N-dealkylation sites (tertiary alicyclic amines) is 1. The van der Waals surface area contributed by atoms with Gasteiger partial charge in [-0.3, -0.25) is 0 Å². The molecule has 2 aromatic rings. The number of quaternary nitrogens is 1. The maximum absolute atomic E-state index is 11.3. The lowest BCUT2D eigenvalue weighted by Crippen LogP contribution is -3.11. The van der Waals surface area contributed by atoms with Gasteiger partial charge in [-0.1, -0.05) is 25.1 Å². The van der Waals surface area contributed by atoms with Crippen LogP contribution in [0.5, 0.6) is 0 Å². The number of piperidine rings is 1. The number of para-hydroxylation sites is 1. The summed E-state index contributed by atoms with van der Waals surface area (Å²) in [6.45, 7) is 5.16. The average Bonchev–Trinajstić information content (AvgIpc) is 2.81. The van der Waals surface area contributed by atoms with E-state index in [0.29, 0.717) is 12.1 Å². The van der Waals surface area contributed by atoms with Gasteiger partial charge >= 0.3 is 0 Å². The van der Waals surface area contributed by atoms with Gasteiger partial charge in [0.25, 0.3) is 0 Å². The first-order valence-corrected chi connectivity index (χ1v) is 7.20. The SMILES string of the molecule is CC1CC[NH+](Cc2c(C(=O)[O-])oc3ccccc23)CC1. The number of nitrogens with one attached hydrogen (secondary N) is 1. The van der Waals surface area contributed by atoms with Crippen molar-refractivity contribution in [2.75, 3.05) is 13.1 Å². The molecule has 1 aliphatic rings. The van der Waals surface area contributed by atoms with Crippen molar-refractivity contribution < 1.29 is 19.2 Å². The van der Waals surface area contributed by atoms with Gasteiger partial charge in [-0.25, -0.2) is 0 Å². The van der Waals surface area contributed by atoms with Crippen LogP contribution in [0.1, 0.15) is 35.9 Å². The van der Waals surface area contributed by atoms with Crippen LogP contribution in [0.4, 0.5) is 0 Å². The maximum atomic E-state index is 11.3. The molecule has 3 rings (SSSR count). The highest BCUT2D eigenvalue weighted by Gasteiger charge is 2.23. The van der Waals surface area contributed by atoms with Gasteiger partial charge in [0.05, 0.1) is 18.7 Å². The Hall–Kier alpha value is -1.81. The van der Waals surface area contributed by atoms with Crippen molar-refractivity contribution in [1.29, 1.82) is 0 Å². The van der Waals surface area contributed by atoms with E-state index < -0.39 is 5.97 Å². The van der Waals surface area contributed by atoms with Crippen LogP contribution in [-0.4, -0.2) is 19.1 Å². The third-order valence-electron chi connectivity index (χ3n) is 4.29. The lowest BCUT2D eigenvalue weighted by molar-refractivity contribution is -0.919. The van der Waals surface area contributed by atoms with E-state index in [1.165, 1.54) is 17.7 Å². The number of fused-ring (bicyclic) bond motifs is 1.